The van der Waals surface area contributed by atoms with Crippen LogP contribution < -0.4 is 5.32 Å². The van der Waals surface area contributed by atoms with Gasteiger partial charge in [-0.15, -0.1) is 0 Å². The van der Waals surface area contributed by atoms with Crippen LogP contribution in [0, 0.1) is 11.3 Å². The number of anilines is 1. The predicted octanol–water partition coefficient (Wildman–Crippen LogP) is 2.74. The largest absolute Gasteiger partial charge is 0.465 e. The lowest BCUT2D eigenvalue weighted by atomic mass is 10.1. The molecule has 0 aromatic heterocycles. The second-order valence-corrected chi connectivity index (χ2v) is 4.73. The molecule has 8 heteroatoms. The molecule has 0 radical (unpaired) electrons. The summed E-state index contributed by atoms with van der Waals surface area (Å²) in [5.74, 6) is 0. The molecule has 5 nitrogen and oxygen atoms in total. The quantitative estimate of drug-likeness (QED) is 0.880. The van der Waals surface area contributed by atoms with Crippen molar-refractivity contribution in [2.45, 2.75) is 18.6 Å². The van der Waals surface area contributed by atoms with E-state index in [0.717, 1.165) is 12.1 Å². The smallest absolute Gasteiger partial charge is 0.417 e. The van der Waals surface area contributed by atoms with Crippen molar-refractivity contribution >= 4 is 11.8 Å². The summed E-state index contributed by atoms with van der Waals surface area (Å²) in [4.78, 5) is 12.0. The van der Waals surface area contributed by atoms with E-state index >= 15 is 0 Å². The van der Waals surface area contributed by atoms with Gasteiger partial charge in [0.25, 0.3) is 0 Å². The minimum atomic E-state index is -4.61. The number of nitrogens with zero attached hydrogens (tertiary/aromatic N) is 2. The molecular formula is C13H12F3N3O2. The Morgan fingerprint density at radius 2 is 2.19 bits per heavy atom. The van der Waals surface area contributed by atoms with Crippen LogP contribution in [0.5, 0.6) is 0 Å². The van der Waals surface area contributed by atoms with Gasteiger partial charge in [0.1, 0.15) is 0 Å². The van der Waals surface area contributed by atoms with E-state index in [1.807, 2.05) is 0 Å². The van der Waals surface area contributed by atoms with Crippen LogP contribution >= 0.6 is 0 Å². The van der Waals surface area contributed by atoms with Crippen LogP contribution in [-0.2, 0) is 6.18 Å². The standard InChI is InChI=1S/C13H12F3N3O2/c14-13(15,16)11-5-9(2-1-8(11)6-17)18-10-3-4-19(7-10)12(20)21/h1-2,5,10,18H,3-4,7H2,(H,20,21). The lowest BCUT2D eigenvalue weighted by Gasteiger charge is -2.17. The number of carbonyl (C=O) groups is 1. The first-order chi connectivity index (χ1) is 9.81. The zero-order chi connectivity index (χ0) is 15.6. The number of likely N-dealkylation sites (tertiary alicyclic amines) is 1. The molecule has 1 aromatic rings. The Morgan fingerprint density at radius 1 is 1.48 bits per heavy atom. The molecule has 1 heterocycles. The lowest BCUT2D eigenvalue weighted by Crippen LogP contribution is -2.30. The maximum atomic E-state index is 12.8. The number of rotatable bonds is 2. The fraction of sp³-hybridized carbons (Fsp3) is 0.385. The number of benzene rings is 1. The van der Waals surface area contributed by atoms with Gasteiger partial charge in [-0.1, -0.05) is 0 Å². The highest BCUT2D eigenvalue weighted by Crippen LogP contribution is 2.33. The lowest BCUT2D eigenvalue weighted by molar-refractivity contribution is -0.137. The summed E-state index contributed by atoms with van der Waals surface area (Å²) in [7, 11) is 0. The van der Waals surface area contributed by atoms with E-state index in [0.29, 0.717) is 13.0 Å². The van der Waals surface area contributed by atoms with E-state index in [1.165, 1.54) is 17.0 Å². The van der Waals surface area contributed by atoms with Gasteiger partial charge in [-0.05, 0) is 24.6 Å². The molecule has 0 bridgehead atoms. The number of amides is 1. The summed E-state index contributed by atoms with van der Waals surface area (Å²) in [6.07, 6.45) is -5.13. The molecule has 1 amide bonds. The number of hydrogen-bond acceptors (Lipinski definition) is 3. The van der Waals surface area contributed by atoms with Gasteiger partial charge in [0.2, 0.25) is 0 Å². The Morgan fingerprint density at radius 3 is 2.71 bits per heavy atom. The van der Waals surface area contributed by atoms with Gasteiger partial charge in [0, 0.05) is 24.8 Å². The molecule has 0 saturated carbocycles. The van der Waals surface area contributed by atoms with Crippen LogP contribution in [0.2, 0.25) is 0 Å². The van der Waals surface area contributed by atoms with Crippen molar-refractivity contribution in [2.24, 2.45) is 0 Å². The van der Waals surface area contributed by atoms with Crippen molar-refractivity contribution in [2.75, 3.05) is 18.4 Å². The van der Waals surface area contributed by atoms with Crippen LogP contribution in [0.25, 0.3) is 0 Å². The topological polar surface area (TPSA) is 76.4 Å². The maximum Gasteiger partial charge on any atom is 0.417 e. The van der Waals surface area contributed by atoms with Crippen molar-refractivity contribution in [1.82, 2.24) is 4.90 Å². The van der Waals surface area contributed by atoms with Crippen LogP contribution in [0.3, 0.4) is 0 Å². The summed E-state index contributed by atoms with van der Waals surface area (Å²) in [5.41, 5.74) is -1.21. The Kier molecular flexibility index (Phi) is 3.93. The van der Waals surface area contributed by atoms with E-state index in [4.69, 9.17) is 10.4 Å². The minimum Gasteiger partial charge on any atom is -0.465 e. The molecule has 21 heavy (non-hydrogen) atoms. The molecule has 1 aliphatic rings. The molecule has 0 spiro atoms. The Bertz CT molecular complexity index is 595. The van der Waals surface area contributed by atoms with Crippen LogP contribution in [0.15, 0.2) is 18.2 Å². The molecule has 2 rings (SSSR count). The van der Waals surface area contributed by atoms with Crippen molar-refractivity contribution < 1.29 is 23.1 Å². The predicted molar refractivity (Wildman–Crippen MR) is 67.8 cm³/mol. The van der Waals surface area contributed by atoms with E-state index in [2.05, 4.69) is 5.32 Å². The highest BCUT2D eigenvalue weighted by molar-refractivity contribution is 5.65. The summed E-state index contributed by atoms with van der Waals surface area (Å²) < 4.78 is 38.5. The molecular weight excluding hydrogens is 287 g/mol. The van der Waals surface area contributed by atoms with E-state index in [9.17, 15) is 18.0 Å². The Hall–Kier alpha value is -2.43. The van der Waals surface area contributed by atoms with Gasteiger partial charge in [0.05, 0.1) is 17.2 Å². The maximum absolute atomic E-state index is 12.8. The molecule has 2 N–H and O–H groups in total. The first-order valence-corrected chi connectivity index (χ1v) is 6.17. The molecule has 112 valence electrons. The van der Waals surface area contributed by atoms with E-state index in [-0.39, 0.29) is 18.3 Å². The number of carboxylic acid groups (broad SMARTS) is 1. The number of nitriles is 1. The molecule has 1 aliphatic heterocycles. The minimum absolute atomic E-state index is 0.219. The first kappa shape index (κ1) is 15.0. The highest BCUT2D eigenvalue weighted by atomic mass is 19.4. The van der Waals surface area contributed by atoms with Crippen molar-refractivity contribution in [3.63, 3.8) is 0 Å². The van der Waals surface area contributed by atoms with E-state index < -0.39 is 23.4 Å². The number of hydrogen-bond donors (Lipinski definition) is 2. The van der Waals surface area contributed by atoms with Gasteiger partial charge in [-0.3, -0.25) is 0 Å². The number of alkyl halides is 3. The third-order valence-corrected chi connectivity index (χ3v) is 3.27. The van der Waals surface area contributed by atoms with Crippen molar-refractivity contribution in [3.05, 3.63) is 29.3 Å². The third kappa shape index (κ3) is 3.37. The average molecular weight is 299 g/mol. The second kappa shape index (κ2) is 5.52. The summed E-state index contributed by atoms with van der Waals surface area (Å²) in [6.45, 7) is 0.562. The molecule has 0 aliphatic carbocycles. The fourth-order valence-corrected chi connectivity index (χ4v) is 2.25. The Labute approximate surface area is 118 Å². The van der Waals surface area contributed by atoms with Crippen LogP contribution in [0.4, 0.5) is 23.7 Å². The zero-order valence-corrected chi connectivity index (χ0v) is 10.8. The van der Waals surface area contributed by atoms with Gasteiger partial charge in [0.15, 0.2) is 0 Å². The SMILES string of the molecule is N#Cc1ccc(NC2CCN(C(=O)O)C2)cc1C(F)(F)F. The summed E-state index contributed by atoms with van der Waals surface area (Å²) in [5, 5.41) is 20.4. The third-order valence-electron chi connectivity index (χ3n) is 3.27. The Balaban J connectivity index is 2.16. The summed E-state index contributed by atoms with van der Waals surface area (Å²) in [6, 6.07) is 4.64. The van der Waals surface area contributed by atoms with Gasteiger partial charge < -0.3 is 15.3 Å². The monoisotopic (exact) mass is 299 g/mol. The summed E-state index contributed by atoms with van der Waals surface area (Å²) >= 11 is 0. The second-order valence-electron chi connectivity index (χ2n) is 4.73. The molecule has 1 unspecified atom stereocenters. The molecule has 1 aromatic carbocycles. The van der Waals surface area contributed by atoms with Crippen molar-refractivity contribution in [3.8, 4) is 6.07 Å². The highest BCUT2D eigenvalue weighted by Gasteiger charge is 2.34. The number of nitrogens with one attached hydrogen (secondary N) is 1. The molecule has 1 fully saturated rings. The van der Waals surface area contributed by atoms with Crippen LogP contribution in [-0.4, -0.2) is 35.2 Å². The van der Waals surface area contributed by atoms with Gasteiger partial charge >= 0.3 is 12.3 Å². The average Bonchev–Trinajstić information content (AvgIpc) is 2.86. The molecule has 1 atom stereocenters. The van der Waals surface area contributed by atoms with Crippen LogP contribution in [0.1, 0.15) is 17.5 Å². The number of halogens is 3. The van der Waals surface area contributed by atoms with E-state index in [1.54, 1.807) is 0 Å². The zero-order valence-electron chi connectivity index (χ0n) is 10.8. The van der Waals surface area contributed by atoms with Gasteiger partial charge in [-0.25, -0.2) is 4.79 Å². The first-order valence-electron chi connectivity index (χ1n) is 6.17. The normalized spacial score (nSPS) is 18.4. The molecule has 1 saturated heterocycles. The van der Waals surface area contributed by atoms with Crippen molar-refractivity contribution in [1.29, 1.82) is 5.26 Å². The van der Waals surface area contributed by atoms with Gasteiger partial charge in [-0.2, -0.15) is 18.4 Å². The fourth-order valence-electron chi connectivity index (χ4n) is 2.25.